The molecule has 1 radical (unpaired) electrons. The Bertz CT molecular complexity index is 2330. The minimum absolute atomic E-state index is 0. The van der Waals surface area contributed by atoms with Crippen molar-refractivity contribution in [2.45, 2.75) is 20.8 Å². The Morgan fingerprint density at radius 3 is 2.00 bits per heavy atom. The normalized spacial score (nSPS) is 10.6. The van der Waals surface area contributed by atoms with Gasteiger partial charge in [-0.1, -0.05) is 103 Å². The first-order valence-electron chi connectivity index (χ1n) is 15.9. The van der Waals surface area contributed by atoms with Crippen LogP contribution in [0.25, 0.3) is 66.3 Å². The Labute approximate surface area is 296 Å². The third-order valence-electron chi connectivity index (χ3n) is 8.50. The molecule has 6 aromatic carbocycles. The van der Waals surface area contributed by atoms with Gasteiger partial charge in [-0.2, -0.15) is 0 Å². The molecule has 2 nitrogen and oxygen atoms in total. The minimum Gasteiger partial charge on any atom is -0.305 e. The van der Waals surface area contributed by atoms with Gasteiger partial charge >= 0.3 is 0 Å². The van der Waals surface area contributed by atoms with Crippen LogP contribution in [0.3, 0.4) is 0 Å². The zero-order chi connectivity index (χ0) is 32.2. The summed E-state index contributed by atoms with van der Waals surface area (Å²) in [6, 6.07) is 55.3. The van der Waals surface area contributed by atoms with Crippen molar-refractivity contribution in [1.82, 2.24) is 9.97 Å². The largest absolute Gasteiger partial charge is 0.305 e. The molecule has 0 aliphatic heterocycles. The Morgan fingerprint density at radius 1 is 0.500 bits per heavy atom. The molecular weight excluding hydrogens is 761 g/mol. The van der Waals surface area contributed by atoms with Crippen molar-refractivity contribution in [2.75, 3.05) is 0 Å². The van der Waals surface area contributed by atoms with E-state index in [4.69, 9.17) is 0 Å². The number of hydrogen-bond donors (Lipinski definition) is 0. The Hall–Kier alpha value is -5.21. The van der Waals surface area contributed by atoms with Gasteiger partial charge in [-0.05, 0) is 81.2 Å². The van der Waals surface area contributed by atoms with E-state index in [2.05, 4.69) is 158 Å². The van der Waals surface area contributed by atoms with E-state index in [0.29, 0.717) is 0 Å². The molecule has 0 bridgehead atoms. The summed E-state index contributed by atoms with van der Waals surface area (Å²) < 4.78 is 0. The fourth-order valence-corrected chi connectivity index (χ4v) is 6.02. The van der Waals surface area contributed by atoms with Crippen LogP contribution in [0.4, 0.5) is 0 Å². The molecule has 2 heterocycles. The van der Waals surface area contributed by atoms with Crippen molar-refractivity contribution in [2.24, 2.45) is 0 Å². The molecule has 235 valence electrons. The number of rotatable bonds is 4. The summed E-state index contributed by atoms with van der Waals surface area (Å²) in [6.45, 7) is 6.25. The van der Waals surface area contributed by atoms with E-state index in [1.807, 2.05) is 36.7 Å². The second kappa shape index (κ2) is 14.7. The van der Waals surface area contributed by atoms with Gasteiger partial charge in [0.1, 0.15) is 0 Å². The molecule has 0 saturated carbocycles. The van der Waals surface area contributed by atoms with Gasteiger partial charge in [0.05, 0.1) is 0 Å². The molecule has 0 spiro atoms. The van der Waals surface area contributed by atoms with Crippen LogP contribution in [0.1, 0.15) is 16.7 Å². The van der Waals surface area contributed by atoms with E-state index < -0.39 is 0 Å². The summed E-state index contributed by atoms with van der Waals surface area (Å²) in [5.41, 5.74) is 12.5. The molecule has 0 fully saturated rings. The predicted molar refractivity (Wildman–Crippen MR) is 197 cm³/mol. The predicted octanol–water partition coefficient (Wildman–Crippen LogP) is 11.7. The first-order valence-corrected chi connectivity index (χ1v) is 15.9. The minimum atomic E-state index is 0. The number of pyridine rings is 2. The van der Waals surface area contributed by atoms with Gasteiger partial charge in [-0.3, -0.25) is 0 Å². The van der Waals surface area contributed by atoms with Gasteiger partial charge in [0, 0.05) is 32.5 Å². The van der Waals surface area contributed by atoms with Crippen LogP contribution < -0.4 is 0 Å². The number of aryl methyl sites for hydroxylation is 3. The third-order valence-corrected chi connectivity index (χ3v) is 8.50. The molecule has 0 unspecified atom stereocenters. The van der Waals surface area contributed by atoms with Gasteiger partial charge in [0.15, 0.2) is 0 Å². The molecule has 48 heavy (non-hydrogen) atoms. The summed E-state index contributed by atoms with van der Waals surface area (Å²) in [6.07, 6.45) is 3.79. The smallest absolute Gasteiger partial charge is 0.0196 e. The quantitative estimate of drug-likeness (QED) is 0.131. The summed E-state index contributed by atoms with van der Waals surface area (Å²) in [7, 11) is 0. The van der Waals surface area contributed by atoms with Crippen LogP contribution >= 0.6 is 0 Å². The first-order chi connectivity index (χ1) is 23.0. The third kappa shape index (κ3) is 7.04. The van der Waals surface area contributed by atoms with E-state index in [0.717, 1.165) is 22.5 Å². The van der Waals surface area contributed by atoms with Crippen LogP contribution in [-0.4, -0.2) is 9.97 Å². The van der Waals surface area contributed by atoms with E-state index in [9.17, 15) is 0 Å². The molecule has 3 heteroatoms. The number of hydrogen-bond acceptors (Lipinski definition) is 2. The Morgan fingerprint density at radius 2 is 1.23 bits per heavy atom. The van der Waals surface area contributed by atoms with Crippen molar-refractivity contribution in [1.29, 1.82) is 0 Å². The Kier molecular flexibility index (Phi) is 10.0. The number of nitrogens with zero attached hydrogens (tertiary/aromatic N) is 2. The van der Waals surface area contributed by atoms with Gasteiger partial charge in [0.2, 0.25) is 0 Å². The molecule has 0 aliphatic carbocycles. The van der Waals surface area contributed by atoms with E-state index in [1.54, 1.807) is 0 Å². The summed E-state index contributed by atoms with van der Waals surface area (Å²) >= 11 is 0. The van der Waals surface area contributed by atoms with Crippen LogP contribution in [0, 0.1) is 32.9 Å². The molecule has 8 rings (SSSR count). The number of benzene rings is 6. The zero-order valence-corrected chi connectivity index (χ0v) is 29.6. The molecule has 0 amide bonds. The second-order valence-electron chi connectivity index (χ2n) is 11.9. The van der Waals surface area contributed by atoms with E-state index in [-0.39, 0.29) is 20.1 Å². The fourth-order valence-electron chi connectivity index (χ4n) is 6.02. The first kappa shape index (κ1) is 32.7. The van der Waals surface area contributed by atoms with Gasteiger partial charge < -0.3 is 9.97 Å². The van der Waals surface area contributed by atoms with Crippen molar-refractivity contribution < 1.29 is 20.1 Å². The zero-order valence-electron chi connectivity index (χ0n) is 27.2. The molecule has 2 aromatic heterocycles. The van der Waals surface area contributed by atoms with Gasteiger partial charge in [0.25, 0.3) is 0 Å². The molecule has 0 saturated heterocycles. The summed E-state index contributed by atoms with van der Waals surface area (Å²) in [5, 5.41) is 5.10. The summed E-state index contributed by atoms with van der Waals surface area (Å²) in [4.78, 5) is 9.06. The maximum Gasteiger partial charge on any atom is 0.0196 e. The topological polar surface area (TPSA) is 25.8 Å². The molecule has 0 atom stereocenters. The van der Waals surface area contributed by atoms with Crippen molar-refractivity contribution in [3.05, 3.63) is 181 Å². The average molecular weight is 795 g/mol. The van der Waals surface area contributed by atoms with Crippen LogP contribution in [0.5, 0.6) is 0 Å². The molecule has 0 N–H and O–H groups in total. The van der Waals surface area contributed by atoms with Crippen LogP contribution in [-0.2, 0) is 20.1 Å². The fraction of sp³-hybridized carbons (Fsp3) is 0.0667. The Balaban J connectivity index is 0.000000171. The maximum absolute atomic E-state index is 4.53. The van der Waals surface area contributed by atoms with Crippen molar-refractivity contribution in [3.8, 4) is 44.8 Å². The van der Waals surface area contributed by atoms with E-state index >= 15 is 0 Å². The van der Waals surface area contributed by atoms with Crippen molar-refractivity contribution in [3.63, 3.8) is 0 Å². The monoisotopic (exact) mass is 795 g/mol. The standard InChI is InChI=1S/C26H18N.C19H16N.Ir/c1-18-13-14-27-26(15-18)21-9-6-8-19(16-21)25-17-20-7-2-3-10-22(20)23-11-4-5-12-24(23)25;1-14-8-10-17(11-9-14)19-12-18(15(2)13-20-19)16-6-4-3-5-7-16;/h2-8,10-17H,1H3;3-10,12-13H,1-2H3;/q2*-1;. The van der Waals surface area contributed by atoms with Gasteiger partial charge in [-0.15, -0.1) is 70.8 Å². The van der Waals surface area contributed by atoms with Crippen LogP contribution in [0.15, 0.2) is 152 Å². The van der Waals surface area contributed by atoms with Crippen molar-refractivity contribution >= 4 is 21.5 Å². The SMILES string of the molecule is Cc1c[c-]c(-c2cc(-c3ccccc3)c(C)cn2)cc1.Cc1ccnc(-c2[c-]ccc(-c3cc4ccccc4c4ccccc34)c2)c1.[Ir]. The van der Waals surface area contributed by atoms with Crippen LogP contribution in [0.2, 0.25) is 0 Å². The summed E-state index contributed by atoms with van der Waals surface area (Å²) in [5.74, 6) is 0. The number of fused-ring (bicyclic) bond motifs is 3. The second-order valence-corrected chi connectivity index (χ2v) is 11.9. The average Bonchev–Trinajstić information content (AvgIpc) is 3.12. The maximum atomic E-state index is 4.53. The van der Waals surface area contributed by atoms with Gasteiger partial charge in [-0.25, -0.2) is 0 Å². The molecule has 0 aliphatic rings. The molecule has 8 aromatic rings. The van der Waals surface area contributed by atoms with E-state index in [1.165, 1.54) is 60.5 Å². The number of aromatic nitrogens is 2. The molecular formula is C45H34IrN2-2.